The number of nitrogens with zero attached hydrogens (tertiary/aromatic N) is 4. The van der Waals surface area contributed by atoms with Gasteiger partial charge in [0.25, 0.3) is 5.91 Å². The van der Waals surface area contributed by atoms with Crippen LogP contribution in [0.1, 0.15) is 22.1 Å². The third kappa shape index (κ3) is 3.84. The first kappa shape index (κ1) is 18.6. The molecule has 4 aromatic rings. The normalized spacial score (nSPS) is 13.8. The summed E-state index contributed by atoms with van der Waals surface area (Å²) in [5.74, 6) is 0.856. The highest BCUT2D eigenvalue weighted by atomic mass is 32.1. The quantitative estimate of drug-likeness (QED) is 0.471. The Morgan fingerprint density at radius 3 is 2.57 bits per heavy atom. The molecule has 0 saturated carbocycles. The van der Waals surface area contributed by atoms with Crippen LogP contribution in [0.15, 0.2) is 78.3 Å². The number of aromatic nitrogens is 3. The first-order chi connectivity index (χ1) is 14.8. The lowest BCUT2D eigenvalue weighted by molar-refractivity contribution is 0.0498. The summed E-state index contributed by atoms with van der Waals surface area (Å²) in [7, 11) is 0. The molecule has 5 rings (SSSR count). The minimum atomic E-state index is 0.0525. The van der Waals surface area contributed by atoms with Gasteiger partial charge in [-0.3, -0.25) is 4.79 Å². The van der Waals surface area contributed by atoms with Crippen molar-refractivity contribution in [3.05, 3.63) is 89.6 Å². The molecule has 0 bridgehead atoms. The van der Waals surface area contributed by atoms with Crippen LogP contribution >= 0.6 is 11.3 Å². The molecule has 0 atom stereocenters. The van der Waals surface area contributed by atoms with Gasteiger partial charge in [0.05, 0.1) is 12.2 Å². The summed E-state index contributed by atoms with van der Waals surface area (Å²) < 4.78 is 7.54. The summed E-state index contributed by atoms with van der Waals surface area (Å²) >= 11 is 1.69. The van der Waals surface area contributed by atoms with E-state index in [4.69, 9.17) is 4.74 Å². The smallest absolute Gasteiger partial charge is 0.253 e. The number of benzene rings is 2. The van der Waals surface area contributed by atoms with Crippen molar-refractivity contribution in [1.82, 2.24) is 19.9 Å². The maximum atomic E-state index is 12.7. The Balaban J connectivity index is 1.15. The largest absolute Gasteiger partial charge is 0.487 e. The lowest BCUT2D eigenvalue weighted by Crippen LogP contribution is -2.50. The molecule has 2 aromatic carbocycles. The fraction of sp³-hybridized carbons (Fsp3) is 0.174. The Bertz CT molecular complexity index is 1120. The molecule has 2 aromatic heterocycles. The van der Waals surface area contributed by atoms with E-state index in [0.717, 1.165) is 17.0 Å². The molecule has 6 nitrogen and oxygen atoms in total. The van der Waals surface area contributed by atoms with Crippen molar-refractivity contribution >= 4 is 17.2 Å². The molecule has 0 aliphatic carbocycles. The first-order valence-corrected chi connectivity index (χ1v) is 10.7. The maximum Gasteiger partial charge on any atom is 0.253 e. The lowest BCUT2D eigenvalue weighted by Gasteiger charge is -2.38. The van der Waals surface area contributed by atoms with Crippen molar-refractivity contribution in [3.63, 3.8) is 0 Å². The zero-order valence-corrected chi connectivity index (χ0v) is 17.0. The van der Waals surface area contributed by atoms with Gasteiger partial charge in [-0.1, -0.05) is 41.6 Å². The Morgan fingerprint density at radius 2 is 1.83 bits per heavy atom. The molecule has 1 fully saturated rings. The topological polar surface area (TPSA) is 60.2 Å². The predicted molar refractivity (Wildman–Crippen MR) is 115 cm³/mol. The Hall–Kier alpha value is -3.45. The maximum absolute atomic E-state index is 12.7. The van der Waals surface area contributed by atoms with E-state index in [2.05, 4.69) is 21.8 Å². The van der Waals surface area contributed by atoms with Crippen LogP contribution in [0, 0.1) is 0 Å². The van der Waals surface area contributed by atoms with Crippen molar-refractivity contribution in [1.29, 1.82) is 0 Å². The second kappa shape index (κ2) is 8.12. The van der Waals surface area contributed by atoms with Gasteiger partial charge in [0, 0.05) is 23.5 Å². The lowest BCUT2D eigenvalue weighted by atomic mass is 10.1. The highest BCUT2D eigenvalue weighted by Gasteiger charge is 2.33. The van der Waals surface area contributed by atoms with Crippen molar-refractivity contribution in [2.75, 3.05) is 13.1 Å². The minimum absolute atomic E-state index is 0.0525. The van der Waals surface area contributed by atoms with Crippen LogP contribution in [0.5, 0.6) is 5.75 Å². The number of thiophene rings is 1. The molecule has 0 N–H and O–H groups in total. The third-order valence-electron chi connectivity index (χ3n) is 5.15. The summed E-state index contributed by atoms with van der Waals surface area (Å²) in [5, 5.41) is 10.4. The van der Waals surface area contributed by atoms with Crippen LogP contribution in [0.3, 0.4) is 0 Å². The van der Waals surface area contributed by atoms with Gasteiger partial charge in [-0.25, -0.2) is 4.68 Å². The summed E-state index contributed by atoms with van der Waals surface area (Å²) in [6.07, 6.45) is 1.89. The zero-order valence-electron chi connectivity index (χ0n) is 16.2. The summed E-state index contributed by atoms with van der Waals surface area (Å²) in [4.78, 5) is 15.8. The number of carbonyl (C=O) groups excluding carboxylic acids is 1. The highest BCUT2D eigenvalue weighted by molar-refractivity contribution is 7.13. The predicted octanol–water partition coefficient (Wildman–Crippen LogP) is 4.28. The van der Waals surface area contributed by atoms with Gasteiger partial charge in [0.2, 0.25) is 0 Å². The number of likely N-dealkylation sites (tertiary alicyclic amines) is 1. The average molecular weight is 417 g/mol. The molecule has 30 heavy (non-hydrogen) atoms. The Morgan fingerprint density at radius 1 is 1.03 bits per heavy atom. The number of hydrogen-bond acceptors (Lipinski definition) is 5. The molecule has 150 valence electrons. The summed E-state index contributed by atoms with van der Waals surface area (Å²) in [5.41, 5.74) is 2.62. The number of rotatable bonds is 6. The van der Waals surface area contributed by atoms with Gasteiger partial charge >= 0.3 is 0 Å². The average Bonchev–Trinajstić information content (AvgIpc) is 3.45. The SMILES string of the molecule is O=C(c1ccc(-c2cccs2)cc1)N1CC(n2cc(COc3ccccc3)nn2)C1. The molecule has 1 aliphatic heterocycles. The van der Waals surface area contributed by atoms with Crippen LogP contribution in [0.25, 0.3) is 10.4 Å². The van der Waals surface area contributed by atoms with Crippen LogP contribution in [-0.2, 0) is 6.61 Å². The van der Waals surface area contributed by atoms with Crippen LogP contribution < -0.4 is 4.74 Å². The van der Waals surface area contributed by atoms with Gasteiger partial charge < -0.3 is 9.64 Å². The second-order valence-corrected chi connectivity index (χ2v) is 8.16. The van der Waals surface area contributed by atoms with Crippen LogP contribution in [0.2, 0.25) is 0 Å². The molecule has 1 aliphatic rings. The molecule has 3 heterocycles. The van der Waals surface area contributed by atoms with Crippen LogP contribution in [0.4, 0.5) is 0 Å². The number of amides is 1. The molecular weight excluding hydrogens is 396 g/mol. The number of para-hydroxylation sites is 1. The summed E-state index contributed by atoms with van der Waals surface area (Å²) in [6, 6.07) is 21.7. The van der Waals surface area contributed by atoms with Crippen molar-refractivity contribution in [2.45, 2.75) is 12.6 Å². The van der Waals surface area contributed by atoms with E-state index in [0.29, 0.717) is 25.3 Å². The second-order valence-electron chi connectivity index (χ2n) is 7.21. The first-order valence-electron chi connectivity index (χ1n) is 9.78. The monoisotopic (exact) mass is 416 g/mol. The van der Waals surface area contributed by atoms with Gasteiger partial charge in [0.15, 0.2) is 0 Å². The van der Waals surface area contributed by atoms with E-state index in [9.17, 15) is 4.79 Å². The molecule has 1 amide bonds. The van der Waals surface area contributed by atoms with E-state index < -0.39 is 0 Å². The third-order valence-corrected chi connectivity index (χ3v) is 6.07. The fourth-order valence-corrected chi connectivity index (χ4v) is 4.16. The number of carbonyl (C=O) groups is 1. The standard InChI is InChI=1S/C23H20N4O2S/c28-23(18-10-8-17(9-11-18)22-7-4-12-30-22)26-14-20(15-26)27-13-19(24-25-27)16-29-21-5-2-1-3-6-21/h1-13,20H,14-16H2. The minimum Gasteiger partial charge on any atom is -0.487 e. The summed E-state index contributed by atoms with van der Waals surface area (Å²) in [6.45, 7) is 1.64. The van der Waals surface area contributed by atoms with Crippen LogP contribution in [-0.4, -0.2) is 38.9 Å². The van der Waals surface area contributed by atoms with Crippen molar-refractivity contribution in [2.24, 2.45) is 0 Å². The Kier molecular flexibility index (Phi) is 5.03. The van der Waals surface area contributed by atoms with Gasteiger partial charge in [-0.2, -0.15) is 0 Å². The fourth-order valence-electron chi connectivity index (χ4n) is 3.42. The van der Waals surface area contributed by atoms with E-state index in [1.807, 2.05) is 76.4 Å². The van der Waals surface area contributed by atoms with Gasteiger partial charge in [0.1, 0.15) is 18.1 Å². The molecule has 0 unspecified atom stereocenters. The van der Waals surface area contributed by atoms with E-state index in [1.54, 1.807) is 11.3 Å². The molecule has 0 spiro atoms. The molecule has 1 saturated heterocycles. The molecule has 7 heteroatoms. The number of hydrogen-bond donors (Lipinski definition) is 0. The zero-order chi connectivity index (χ0) is 20.3. The van der Waals surface area contributed by atoms with E-state index in [1.165, 1.54) is 4.88 Å². The van der Waals surface area contributed by atoms with Gasteiger partial charge in [-0.15, -0.1) is 16.4 Å². The van der Waals surface area contributed by atoms with Crippen molar-refractivity contribution in [3.8, 4) is 16.2 Å². The van der Waals surface area contributed by atoms with Crippen molar-refractivity contribution < 1.29 is 9.53 Å². The molecular formula is C23H20N4O2S. The molecule has 0 radical (unpaired) electrons. The Labute approximate surface area is 178 Å². The number of ether oxygens (including phenoxy) is 1. The van der Waals surface area contributed by atoms with Gasteiger partial charge in [-0.05, 0) is 41.3 Å². The van der Waals surface area contributed by atoms with E-state index in [-0.39, 0.29) is 11.9 Å². The highest BCUT2D eigenvalue weighted by Crippen LogP contribution is 2.27. The van der Waals surface area contributed by atoms with E-state index >= 15 is 0 Å².